The number of unbranched alkanes of at least 4 members (excludes halogenated alkanes) is 1. The van der Waals surface area contributed by atoms with Crippen molar-refractivity contribution in [2.75, 3.05) is 0 Å². The third-order valence-electron chi connectivity index (χ3n) is 5.42. The van der Waals surface area contributed by atoms with Crippen LogP contribution in [0.4, 0.5) is 8.78 Å². The van der Waals surface area contributed by atoms with E-state index in [1.807, 2.05) is 12.2 Å². The van der Waals surface area contributed by atoms with Gasteiger partial charge in [0.2, 0.25) is 5.78 Å². The highest BCUT2D eigenvalue weighted by Crippen LogP contribution is 2.36. The molecule has 0 bridgehead atoms. The fourth-order valence-corrected chi connectivity index (χ4v) is 3.90. The lowest BCUT2D eigenvalue weighted by Crippen LogP contribution is -2.28. The van der Waals surface area contributed by atoms with E-state index in [1.54, 1.807) is 20.8 Å². The number of aliphatic hydroxyl groups is 1. The topological polar surface area (TPSA) is 80.7 Å². The minimum atomic E-state index is -3.29. The van der Waals surface area contributed by atoms with E-state index in [4.69, 9.17) is 4.74 Å². The smallest absolute Gasteiger partial charge is 0.306 e. The van der Waals surface area contributed by atoms with Crippen LogP contribution in [0.15, 0.2) is 12.2 Å². The van der Waals surface area contributed by atoms with Gasteiger partial charge in [-0.3, -0.25) is 14.4 Å². The zero-order valence-electron chi connectivity index (χ0n) is 18.4. The molecule has 0 amide bonds. The third kappa shape index (κ3) is 9.02. The molecular weight excluding hydrogens is 394 g/mol. The van der Waals surface area contributed by atoms with Crippen LogP contribution >= 0.6 is 0 Å². The molecule has 1 N–H and O–H groups in total. The number of esters is 1. The van der Waals surface area contributed by atoms with E-state index >= 15 is 0 Å². The average molecular weight is 431 g/mol. The Morgan fingerprint density at radius 1 is 1.23 bits per heavy atom. The van der Waals surface area contributed by atoms with Crippen LogP contribution in [-0.4, -0.2) is 40.8 Å². The van der Waals surface area contributed by atoms with Gasteiger partial charge in [-0.2, -0.15) is 8.78 Å². The minimum absolute atomic E-state index is 0.0275. The molecule has 0 unspecified atom stereocenters. The predicted molar refractivity (Wildman–Crippen MR) is 110 cm³/mol. The number of halogens is 2. The van der Waals surface area contributed by atoms with E-state index in [-0.39, 0.29) is 55.4 Å². The highest BCUT2D eigenvalue weighted by molar-refractivity contribution is 5.85. The summed E-state index contributed by atoms with van der Waals surface area (Å²) >= 11 is 0. The van der Waals surface area contributed by atoms with Gasteiger partial charge < -0.3 is 9.84 Å². The van der Waals surface area contributed by atoms with Crippen molar-refractivity contribution in [3.8, 4) is 0 Å². The highest BCUT2D eigenvalue weighted by Gasteiger charge is 2.41. The zero-order valence-corrected chi connectivity index (χ0v) is 18.4. The van der Waals surface area contributed by atoms with E-state index in [0.717, 1.165) is 0 Å². The second kappa shape index (κ2) is 12.9. The molecule has 0 saturated heterocycles. The fourth-order valence-electron chi connectivity index (χ4n) is 3.90. The predicted octanol–water partition coefficient (Wildman–Crippen LogP) is 4.80. The number of Topliss-reactive ketones (excluding diaryl/α,β-unsaturated/α-hetero) is 2. The van der Waals surface area contributed by atoms with Gasteiger partial charge in [-0.25, -0.2) is 0 Å². The minimum Gasteiger partial charge on any atom is -0.463 e. The molecule has 172 valence electrons. The van der Waals surface area contributed by atoms with Crippen molar-refractivity contribution < 1.29 is 33.0 Å². The van der Waals surface area contributed by atoms with Gasteiger partial charge >= 0.3 is 11.9 Å². The largest absolute Gasteiger partial charge is 0.463 e. The van der Waals surface area contributed by atoms with Crippen LogP contribution in [0.2, 0.25) is 0 Å². The van der Waals surface area contributed by atoms with Crippen molar-refractivity contribution in [2.45, 2.75) is 103 Å². The highest BCUT2D eigenvalue weighted by atomic mass is 19.3. The Labute approximate surface area is 178 Å². The first-order valence-electron chi connectivity index (χ1n) is 11.0. The molecule has 0 aromatic rings. The molecule has 7 heteroatoms. The SMILES string of the molecule is CCCC(F)(F)C(=O)CCC[C@H]1[C@H](O)CC(=O)[C@@H]1C/C=C/CCCC(=O)OC(C)C. The number of aliphatic hydroxyl groups excluding tert-OH is 1. The van der Waals surface area contributed by atoms with Crippen LogP contribution in [-0.2, 0) is 19.1 Å². The number of hydrogen-bond acceptors (Lipinski definition) is 5. The Hall–Kier alpha value is -1.63. The first-order valence-corrected chi connectivity index (χ1v) is 11.0. The molecule has 3 atom stereocenters. The molecule has 0 aromatic carbocycles. The molecule has 0 aromatic heterocycles. The molecule has 0 heterocycles. The molecule has 0 aliphatic heterocycles. The van der Waals surface area contributed by atoms with Gasteiger partial charge in [0, 0.05) is 31.6 Å². The molecule has 1 aliphatic carbocycles. The number of rotatable bonds is 14. The van der Waals surface area contributed by atoms with Crippen molar-refractivity contribution in [1.82, 2.24) is 0 Å². The van der Waals surface area contributed by atoms with Gasteiger partial charge in [-0.1, -0.05) is 19.1 Å². The number of ether oxygens (including phenoxy) is 1. The zero-order chi connectivity index (χ0) is 22.7. The lowest BCUT2D eigenvalue weighted by Gasteiger charge is -2.20. The lowest BCUT2D eigenvalue weighted by atomic mass is 9.86. The van der Waals surface area contributed by atoms with Crippen LogP contribution in [0.25, 0.3) is 0 Å². The number of alkyl halides is 2. The molecular formula is C23H36F2O5. The summed E-state index contributed by atoms with van der Waals surface area (Å²) < 4.78 is 32.3. The Kier molecular flexibility index (Phi) is 11.4. The second-order valence-corrected chi connectivity index (χ2v) is 8.42. The number of carbonyl (C=O) groups is 3. The standard InChI is InChI=1S/C23H36F2O5/c1-4-14-23(24,25)21(28)12-9-11-18-17(19(26)15-20(18)27)10-7-5-6-8-13-22(29)30-16(2)3/h5,7,16-18,20,27H,4,6,8-15H2,1-3H3/b7-5+/t17-,18-,20-/m1/s1. The van der Waals surface area contributed by atoms with Crippen molar-refractivity contribution in [3.05, 3.63) is 12.2 Å². The van der Waals surface area contributed by atoms with E-state index < -0.39 is 24.2 Å². The average Bonchev–Trinajstić information content (AvgIpc) is 2.90. The maximum Gasteiger partial charge on any atom is 0.306 e. The normalized spacial score (nSPS) is 22.2. The summed E-state index contributed by atoms with van der Waals surface area (Å²) in [7, 11) is 0. The van der Waals surface area contributed by atoms with Gasteiger partial charge in [0.15, 0.2) is 0 Å². The quantitative estimate of drug-likeness (QED) is 0.243. The maximum absolute atomic E-state index is 13.6. The van der Waals surface area contributed by atoms with E-state index in [9.17, 15) is 28.3 Å². The second-order valence-electron chi connectivity index (χ2n) is 8.42. The summed E-state index contributed by atoms with van der Waals surface area (Å²) in [6.07, 6.45) is 5.26. The monoisotopic (exact) mass is 430 g/mol. The summed E-state index contributed by atoms with van der Waals surface area (Å²) in [5, 5.41) is 10.2. The molecule has 0 radical (unpaired) electrons. The maximum atomic E-state index is 13.6. The molecule has 0 spiro atoms. The number of allylic oxidation sites excluding steroid dienone is 2. The Morgan fingerprint density at radius 2 is 1.93 bits per heavy atom. The van der Waals surface area contributed by atoms with Crippen LogP contribution in [0, 0.1) is 11.8 Å². The molecule has 1 rings (SSSR count). The van der Waals surface area contributed by atoms with E-state index in [1.165, 1.54) is 0 Å². The number of ketones is 2. The van der Waals surface area contributed by atoms with Gasteiger partial charge in [-0.15, -0.1) is 0 Å². The Morgan fingerprint density at radius 3 is 2.57 bits per heavy atom. The van der Waals surface area contributed by atoms with Crippen LogP contribution in [0.1, 0.15) is 85.0 Å². The summed E-state index contributed by atoms with van der Waals surface area (Å²) in [5.74, 6) is -5.27. The van der Waals surface area contributed by atoms with Crippen LogP contribution < -0.4 is 0 Å². The summed E-state index contributed by atoms with van der Waals surface area (Å²) in [4.78, 5) is 35.4. The summed E-state index contributed by atoms with van der Waals surface area (Å²) in [6.45, 7) is 5.21. The first kappa shape index (κ1) is 26.4. The van der Waals surface area contributed by atoms with Gasteiger partial charge in [0.1, 0.15) is 5.78 Å². The summed E-state index contributed by atoms with van der Waals surface area (Å²) in [6, 6.07) is 0. The van der Waals surface area contributed by atoms with Gasteiger partial charge in [0.25, 0.3) is 0 Å². The molecule has 30 heavy (non-hydrogen) atoms. The Balaban J connectivity index is 2.42. The number of hydrogen-bond donors (Lipinski definition) is 1. The van der Waals surface area contributed by atoms with E-state index in [0.29, 0.717) is 32.1 Å². The lowest BCUT2D eigenvalue weighted by molar-refractivity contribution is -0.147. The van der Waals surface area contributed by atoms with Crippen molar-refractivity contribution >= 4 is 17.5 Å². The van der Waals surface area contributed by atoms with Crippen molar-refractivity contribution in [1.29, 1.82) is 0 Å². The summed E-state index contributed by atoms with van der Waals surface area (Å²) in [5.41, 5.74) is 0. The van der Waals surface area contributed by atoms with E-state index in [2.05, 4.69) is 0 Å². The van der Waals surface area contributed by atoms with Crippen LogP contribution in [0.5, 0.6) is 0 Å². The van der Waals surface area contributed by atoms with Crippen LogP contribution in [0.3, 0.4) is 0 Å². The Bertz CT molecular complexity index is 600. The van der Waals surface area contributed by atoms with Crippen molar-refractivity contribution in [2.24, 2.45) is 11.8 Å². The third-order valence-corrected chi connectivity index (χ3v) is 5.42. The molecule has 1 aliphatic rings. The van der Waals surface area contributed by atoms with Gasteiger partial charge in [-0.05, 0) is 58.3 Å². The van der Waals surface area contributed by atoms with Gasteiger partial charge in [0.05, 0.1) is 12.2 Å². The molecule has 1 saturated carbocycles. The first-order chi connectivity index (χ1) is 14.1. The number of carbonyl (C=O) groups excluding carboxylic acids is 3. The van der Waals surface area contributed by atoms with Crippen molar-refractivity contribution in [3.63, 3.8) is 0 Å². The molecule has 5 nitrogen and oxygen atoms in total. The fraction of sp³-hybridized carbons (Fsp3) is 0.783. The molecule has 1 fully saturated rings.